The summed E-state index contributed by atoms with van der Waals surface area (Å²) < 4.78 is 22.7. The minimum Gasteiger partial charge on any atom is -0.273 e. The van der Waals surface area contributed by atoms with Crippen molar-refractivity contribution in [3.8, 4) is 0 Å². The van der Waals surface area contributed by atoms with E-state index in [1.165, 1.54) is 0 Å². The zero-order chi connectivity index (χ0) is 16.3. The number of halogens is 2. The minimum absolute atomic E-state index is 0.0755. The first-order chi connectivity index (χ1) is 10.3. The summed E-state index contributed by atoms with van der Waals surface area (Å²) in [6, 6.07) is 5.01. The molecule has 0 saturated carbocycles. The number of carbonyl (C=O) groups is 1. The Morgan fingerprint density at radius 3 is 2.73 bits per heavy atom. The molecule has 8 heteroatoms. The van der Waals surface area contributed by atoms with Gasteiger partial charge in [-0.05, 0) is 31.4 Å². The van der Waals surface area contributed by atoms with E-state index in [2.05, 4.69) is 10.5 Å². The molecular weight excluding hydrogens is 347 g/mol. The van der Waals surface area contributed by atoms with E-state index in [0.29, 0.717) is 27.7 Å². The Balaban J connectivity index is 1.94. The van der Waals surface area contributed by atoms with Gasteiger partial charge in [0.05, 0.1) is 22.2 Å². The molecular formula is C14H16Cl2N2O3S. The smallest absolute Gasteiger partial charge is 0.240 e. The van der Waals surface area contributed by atoms with Gasteiger partial charge in [-0.15, -0.1) is 0 Å². The standard InChI is InChI=1S/C14H16Cl2N2O3S/c1-9(12-3-2-11(15)7-13(12)16)17-18-14(19)6-10-4-5-22(20,21)8-10/h2-3,7,10H,4-6,8H2,1H3,(H,18,19)/b17-9-/t10-/m1/s1. The van der Waals surface area contributed by atoms with Crippen molar-refractivity contribution in [2.75, 3.05) is 11.5 Å². The Hall–Kier alpha value is -1.11. The minimum atomic E-state index is -2.97. The van der Waals surface area contributed by atoms with Crippen LogP contribution in [0.3, 0.4) is 0 Å². The van der Waals surface area contributed by atoms with Gasteiger partial charge in [0.2, 0.25) is 5.91 Å². The Morgan fingerprint density at radius 1 is 1.41 bits per heavy atom. The van der Waals surface area contributed by atoms with Crippen LogP contribution >= 0.6 is 23.2 Å². The highest BCUT2D eigenvalue weighted by Gasteiger charge is 2.29. The van der Waals surface area contributed by atoms with Crippen LogP contribution in [0.4, 0.5) is 0 Å². The number of hydrogen-bond donors (Lipinski definition) is 1. The monoisotopic (exact) mass is 362 g/mol. The fourth-order valence-electron chi connectivity index (χ4n) is 2.33. The fraction of sp³-hybridized carbons (Fsp3) is 0.429. The molecule has 1 aromatic rings. The van der Waals surface area contributed by atoms with Gasteiger partial charge in [-0.3, -0.25) is 4.79 Å². The molecule has 1 saturated heterocycles. The zero-order valence-electron chi connectivity index (χ0n) is 12.0. The third-order valence-corrected chi connectivity index (χ3v) is 5.85. The van der Waals surface area contributed by atoms with E-state index in [9.17, 15) is 13.2 Å². The fourth-order valence-corrected chi connectivity index (χ4v) is 4.74. The zero-order valence-corrected chi connectivity index (χ0v) is 14.3. The molecule has 0 unspecified atom stereocenters. The van der Waals surface area contributed by atoms with Gasteiger partial charge < -0.3 is 0 Å². The lowest BCUT2D eigenvalue weighted by molar-refractivity contribution is -0.121. The summed E-state index contributed by atoms with van der Waals surface area (Å²) in [5, 5.41) is 4.97. The molecule has 1 aliphatic heterocycles. The molecule has 0 radical (unpaired) electrons. The van der Waals surface area contributed by atoms with Crippen molar-refractivity contribution in [2.45, 2.75) is 19.8 Å². The topological polar surface area (TPSA) is 75.6 Å². The van der Waals surface area contributed by atoms with E-state index >= 15 is 0 Å². The average molecular weight is 363 g/mol. The van der Waals surface area contributed by atoms with Crippen LogP contribution in [0.15, 0.2) is 23.3 Å². The van der Waals surface area contributed by atoms with Crippen LogP contribution in [0.25, 0.3) is 0 Å². The van der Waals surface area contributed by atoms with E-state index in [1.807, 2.05) is 0 Å². The summed E-state index contributed by atoms with van der Waals surface area (Å²) >= 11 is 11.9. The number of sulfone groups is 1. The van der Waals surface area contributed by atoms with Gasteiger partial charge in [-0.1, -0.05) is 29.3 Å². The van der Waals surface area contributed by atoms with Crippen molar-refractivity contribution in [3.05, 3.63) is 33.8 Å². The largest absolute Gasteiger partial charge is 0.273 e. The van der Waals surface area contributed by atoms with Crippen LogP contribution in [0.5, 0.6) is 0 Å². The van der Waals surface area contributed by atoms with Crippen LogP contribution in [0.1, 0.15) is 25.3 Å². The van der Waals surface area contributed by atoms with E-state index in [-0.39, 0.29) is 29.8 Å². The van der Waals surface area contributed by atoms with Crippen molar-refractivity contribution < 1.29 is 13.2 Å². The van der Waals surface area contributed by atoms with Gasteiger partial charge in [0.25, 0.3) is 0 Å². The van der Waals surface area contributed by atoms with Gasteiger partial charge in [0, 0.05) is 17.0 Å². The quantitative estimate of drug-likeness (QED) is 0.660. The molecule has 120 valence electrons. The first kappa shape index (κ1) is 17.2. The molecule has 1 N–H and O–H groups in total. The number of hydrazone groups is 1. The summed E-state index contributed by atoms with van der Waals surface area (Å²) in [5.41, 5.74) is 3.67. The van der Waals surface area contributed by atoms with E-state index in [0.717, 1.165) is 0 Å². The van der Waals surface area contributed by atoms with Gasteiger partial charge in [0.1, 0.15) is 0 Å². The number of carbonyl (C=O) groups excluding carboxylic acids is 1. The van der Waals surface area contributed by atoms with E-state index in [4.69, 9.17) is 23.2 Å². The second kappa shape index (κ2) is 6.98. The summed E-state index contributed by atoms with van der Waals surface area (Å²) in [5.74, 6) is -0.189. The maximum absolute atomic E-state index is 11.8. The van der Waals surface area contributed by atoms with Crippen LogP contribution in [-0.4, -0.2) is 31.5 Å². The molecule has 0 spiro atoms. The maximum Gasteiger partial charge on any atom is 0.240 e. The summed E-state index contributed by atoms with van der Waals surface area (Å²) in [4.78, 5) is 11.8. The molecule has 0 bridgehead atoms. The van der Waals surface area contributed by atoms with Crippen molar-refractivity contribution in [1.29, 1.82) is 0 Å². The molecule has 0 aliphatic carbocycles. The summed E-state index contributed by atoms with van der Waals surface area (Å²) in [7, 11) is -2.97. The predicted octanol–water partition coefficient (Wildman–Crippen LogP) is 2.66. The number of nitrogens with zero attached hydrogens (tertiary/aromatic N) is 1. The number of rotatable bonds is 4. The summed E-state index contributed by atoms with van der Waals surface area (Å²) in [6.45, 7) is 1.72. The van der Waals surface area contributed by atoms with Gasteiger partial charge in [-0.2, -0.15) is 5.10 Å². The average Bonchev–Trinajstić information content (AvgIpc) is 2.75. The third kappa shape index (κ3) is 4.69. The third-order valence-electron chi connectivity index (χ3n) is 3.47. The number of nitrogens with one attached hydrogen (secondary N) is 1. The van der Waals surface area contributed by atoms with Crippen molar-refractivity contribution in [2.24, 2.45) is 11.0 Å². The number of amides is 1. The Morgan fingerprint density at radius 2 is 2.14 bits per heavy atom. The predicted molar refractivity (Wildman–Crippen MR) is 88.2 cm³/mol. The molecule has 5 nitrogen and oxygen atoms in total. The van der Waals surface area contributed by atoms with Crippen LogP contribution < -0.4 is 5.43 Å². The molecule has 1 aliphatic rings. The first-order valence-electron chi connectivity index (χ1n) is 6.76. The molecule has 22 heavy (non-hydrogen) atoms. The Bertz CT molecular complexity index is 717. The number of hydrogen-bond acceptors (Lipinski definition) is 4. The molecule has 0 aromatic heterocycles. The highest BCUT2D eigenvalue weighted by Crippen LogP contribution is 2.22. The van der Waals surface area contributed by atoms with Crippen molar-refractivity contribution in [3.63, 3.8) is 0 Å². The Kier molecular flexibility index (Phi) is 5.47. The molecule has 1 amide bonds. The van der Waals surface area contributed by atoms with Gasteiger partial charge in [-0.25, -0.2) is 13.8 Å². The number of benzene rings is 1. The molecule has 1 aromatic carbocycles. The molecule has 2 rings (SSSR count). The normalized spacial score (nSPS) is 20.9. The lowest BCUT2D eigenvalue weighted by atomic mass is 10.1. The summed E-state index contributed by atoms with van der Waals surface area (Å²) in [6.07, 6.45) is 0.686. The van der Waals surface area contributed by atoms with Crippen molar-refractivity contribution >= 4 is 44.7 Å². The van der Waals surface area contributed by atoms with Crippen LogP contribution in [0.2, 0.25) is 10.0 Å². The second-order valence-electron chi connectivity index (χ2n) is 5.33. The molecule has 1 atom stereocenters. The van der Waals surface area contributed by atoms with Crippen LogP contribution in [-0.2, 0) is 14.6 Å². The lowest BCUT2D eigenvalue weighted by Gasteiger charge is -2.07. The first-order valence-corrected chi connectivity index (χ1v) is 9.33. The van der Waals surface area contributed by atoms with Crippen molar-refractivity contribution in [1.82, 2.24) is 5.43 Å². The van der Waals surface area contributed by atoms with E-state index in [1.54, 1.807) is 25.1 Å². The maximum atomic E-state index is 11.8. The van der Waals surface area contributed by atoms with Crippen LogP contribution in [0, 0.1) is 5.92 Å². The Labute approximate surface area is 139 Å². The van der Waals surface area contributed by atoms with Gasteiger partial charge >= 0.3 is 0 Å². The SMILES string of the molecule is C/C(=N/NC(=O)C[C@H]1CCS(=O)(=O)C1)c1ccc(Cl)cc1Cl. The second-order valence-corrected chi connectivity index (χ2v) is 8.40. The highest BCUT2D eigenvalue weighted by atomic mass is 35.5. The van der Waals surface area contributed by atoms with Gasteiger partial charge in [0.15, 0.2) is 9.84 Å². The lowest BCUT2D eigenvalue weighted by Crippen LogP contribution is -2.22. The van der Waals surface area contributed by atoms with E-state index < -0.39 is 9.84 Å². The molecule has 1 fully saturated rings. The molecule has 1 heterocycles. The highest BCUT2D eigenvalue weighted by molar-refractivity contribution is 7.91.